The number of aromatic hydroxyl groups is 6. The Kier molecular flexibility index (Phi) is 14.2. The lowest BCUT2D eigenvalue weighted by Gasteiger charge is -2.14. The van der Waals surface area contributed by atoms with Crippen molar-refractivity contribution >= 4 is 0 Å². The highest BCUT2D eigenvalue weighted by Gasteiger charge is 2.11. The van der Waals surface area contributed by atoms with Crippen molar-refractivity contribution < 1.29 is 35.4 Å². The van der Waals surface area contributed by atoms with Crippen molar-refractivity contribution in [1.82, 2.24) is 0 Å². The van der Waals surface area contributed by atoms with Gasteiger partial charge in [0.15, 0.2) is 0 Å². The number of hydrogen-bond donors (Lipinski definition) is 6. The van der Waals surface area contributed by atoms with E-state index in [4.69, 9.17) is 20.1 Å². The van der Waals surface area contributed by atoms with Gasteiger partial charge in [-0.25, -0.2) is 0 Å². The van der Waals surface area contributed by atoms with Gasteiger partial charge in [-0.15, -0.1) is 0 Å². The average molecular weight is 715 g/mol. The third-order valence-electron chi connectivity index (χ3n) is 8.70. The average Bonchev–Trinajstić information content (AvgIpc) is 3.13. The maximum atomic E-state index is 10.2. The Balaban J connectivity index is 0.000000184. The first-order valence-corrected chi connectivity index (χ1v) is 17.8. The van der Waals surface area contributed by atoms with Crippen molar-refractivity contribution in [2.24, 2.45) is 0 Å². The topological polar surface area (TPSA) is 131 Å². The first kappa shape index (κ1) is 39.7. The molecule has 0 saturated heterocycles. The lowest BCUT2D eigenvalue weighted by molar-refractivity contribution is 0.456. The molecule has 0 aliphatic carbocycles. The number of rotatable bonds is 9. The monoisotopic (exact) mass is 714 g/mol. The molecule has 0 aromatic heterocycles. The summed E-state index contributed by atoms with van der Waals surface area (Å²) in [4.78, 5) is 0. The third kappa shape index (κ3) is 11.7. The lowest BCUT2D eigenvalue weighted by Crippen LogP contribution is -1.98. The predicted molar refractivity (Wildman–Crippen MR) is 213 cm³/mol. The molecule has 0 unspecified atom stereocenters. The summed E-state index contributed by atoms with van der Waals surface area (Å²) in [5, 5.41) is 56.9. The van der Waals surface area contributed by atoms with Gasteiger partial charge in [0.25, 0.3) is 0 Å². The lowest BCUT2D eigenvalue weighted by atomic mass is 9.93. The van der Waals surface area contributed by atoms with Crippen LogP contribution in [0.15, 0.2) is 115 Å². The van der Waals surface area contributed by atoms with Crippen molar-refractivity contribution in [3.8, 4) is 57.1 Å². The highest BCUT2D eigenvalue weighted by molar-refractivity contribution is 5.64. The summed E-state index contributed by atoms with van der Waals surface area (Å²) in [6.07, 6.45) is 4.68. The summed E-state index contributed by atoms with van der Waals surface area (Å²) >= 11 is 0. The minimum atomic E-state index is 0.203. The minimum absolute atomic E-state index is 0.203. The van der Waals surface area contributed by atoms with E-state index >= 15 is 0 Å². The third-order valence-corrected chi connectivity index (χ3v) is 8.70. The molecule has 6 N–H and O–H groups in total. The quantitative estimate of drug-likeness (QED) is 0.0879. The smallest absolute Gasteiger partial charge is 0.130 e. The molecule has 0 amide bonds. The zero-order chi connectivity index (χ0) is 38.5. The SMILES string of the molecule is CCCc1cc(Cc2cc(C)c(O)c(CCC)c2)c(C)cc1O.Cc1cc(O)ccc1Oc1ccc(O)cc1.Oc1ccc(-c2ccc(O)cc2)cc1. The fourth-order valence-electron chi connectivity index (χ4n) is 5.86. The van der Waals surface area contributed by atoms with Crippen LogP contribution in [-0.4, -0.2) is 30.6 Å². The number of ether oxygens (including phenoxy) is 1. The van der Waals surface area contributed by atoms with Crippen molar-refractivity contribution in [2.75, 3.05) is 0 Å². The summed E-state index contributed by atoms with van der Waals surface area (Å²) in [7, 11) is 0. The van der Waals surface area contributed by atoms with E-state index in [9.17, 15) is 15.3 Å². The van der Waals surface area contributed by atoms with E-state index in [2.05, 4.69) is 32.0 Å². The molecule has 7 heteroatoms. The molecule has 0 heterocycles. The maximum Gasteiger partial charge on any atom is 0.130 e. The summed E-state index contributed by atoms with van der Waals surface area (Å²) in [6.45, 7) is 10.1. The first-order chi connectivity index (χ1) is 25.4. The van der Waals surface area contributed by atoms with E-state index in [0.29, 0.717) is 23.0 Å². The van der Waals surface area contributed by atoms with Crippen LogP contribution in [0.3, 0.4) is 0 Å². The molecule has 53 heavy (non-hydrogen) atoms. The van der Waals surface area contributed by atoms with E-state index < -0.39 is 0 Å². The minimum Gasteiger partial charge on any atom is -0.508 e. The molecule has 0 bridgehead atoms. The van der Waals surface area contributed by atoms with Crippen LogP contribution in [0.2, 0.25) is 0 Å². The van der Waals surface area contributed by atoms with Gasteiger partial charge < -0.3 is 35.4 Å². The molecule has 6 aromatic rings. The Morgan fingerprint density at radius 3 is 1.49 bits per heavy atom. The van der Waals surface area contributed by atoms with Gasteiger partial charge in [0, 0.05) is 0 Å². The molecule has 6 aromatic carbocycles. The van der Waals surface area contributed by atoms with Gasteiger partial charge in [0.05, 0.1) is 0 Å². The van der Waals surface area contributed by atoms with Gasteiger partial charge >= 0.3 is 0 Å². The number of hydrogen-bond acceptors (Lipinski definition) is 7. The van der Waals surface area contributed by atoms with Crippen LogP contribution in [0, 0.1) is 20.8 Å². The second-order valence-electron chi connectivity index (χ2n) is 13.1. The summed E-state index contributed by atoms with van der Waals surface area (Å²) in [5.41, 5.74) is 9.48. The zero-order valence-electron chi connectivity index (χ0n) is 31.1. The molecule has 6 rings (SSSR count). The zero-order valence-corrected chi connectivity index (χ0v) is 31.1. The number of phenolic OH excluding ortho intramolecular Hbond substituents is 6. The standard InChI is InChI=1S/C21H28O2.C13H12O3.C12H10O2/c1-5-7-17-13-19(14(3)10-20(17)22)12-16-9-15(4)21(23)18(11-16)8-6-2;1-9-8-11(15)4-7-13(9)16-12-5-2-10(14)3-6-12;13-11-5-1-9(2-6-11)10-3-7-12(14)8-4-10/h9-11,13,22-23H,5-8,12H2,1-4H3;2-8,14-15H,1H3;1-8,13-14H. The molecule has 7 nitrogen and oxygen atoms in total. The Bertz CT molecular complexity index is 2020. The van der Waals surface area contributed by atoms with E-state index in [1.165, 1.54) is 11.1 Å². The Morgan fingerprint density at radius 1 is 0.453 bits per heavy atom. The normalized spacial score (nSPS) is 10.4. The first-order valence-electron chi connectivity index (χ1n) is 17.8. The van der Waals surface area contributed by atoms with E-state index in [1.54, 1.807) is 66.7 Å². The number of phenols is 6. The van der Waals surface area contributed by atoms with E-state index in [1.807, 2.05) is 51.1 Å². The summed E-state index contributed by atoms with van der Waals surface area (Å²) in [6, 6.07) is 33.5. The maximum absolute atomic E-state index is 10.2. The van der Waals surface area contributed by atoms with Gasteiger partial charge in [-0.2, -0.15) is 0 Å². The number of aryl methyl sites for hydroxylation is 5. The van der Waals surface area contributed by atoms with Gasteiger partial charge in [-0.1, -0.05) is 69.2 Å². The highest BCUT2D eigenvalue weighted by atomic mass is 16.5. The Labute approximate surface area is 312 Å². The fourth-order valence-corrected chi connectivity index (χ4v) is 5.86. The molecular weight excluding hydrogens is 664 g/mol. The molecule has 0 saturated carbocycles. The molecule has 0 fully saturated rings. The van der Waals surface area contributed by atoms with Gasteiger partial charge in [0.2, 0.25) is 0 Å². The van der Waals surface area contributed by atoms with Crippen LogP contribution >= 0.6 is 0 Å². The molecule has 276 valence electrons. The molecule has 0 aliphatic rings. The van der Waals surface area contributed by atoms with Crippen LogP contribution in [-0.2, 0) is 19.3 Å². The second kappa shape index (κ2) is 19.0. The van der Waals surface area contributed by atoms with Crippen molar-refractivity contribution in [2.45, 2.75) is 66.7 Å². The molecular formula is C46H50O7. The number of benzene rings is 6. The predicted octanol–water partition coefficient (Wildman–Crippen LogP) is 11.2. The van der Waals surface area contributed by atoms with Crippen LogP contribution in [0.25, 0.3) is 11.1 Å². The fraction of sp³-hybridized carbons (Fsp3) is 0.217. The molecule has 0 radical (unpaired) electrons. The van der Waals surface area contributed by atoms with Gasteiger partial charge in [0.1, 0.15) is 46.0 Å². The van der Waals surface area contributed by atoms with Gasteiger partial charge in [-0.3, -0.25) is 0 Å². The highest BCUT2D eigenvalue weighted by Crippen LogP contribution is 2.31. The Hall–Kier alpha value is -6.08. The van der Waals surface area contributed by atoms with Crippen LogP contribution < -0.4 is 4.74 Å². The van der Waals surface area contributed by atoms with Crippen molar-refractivity contribution in [3.05, 3.63) is 154 Å². The summed E-state index contributed by atoms with van der Waals surface area (Å²) < 4.78 is 5.60. The van der Waals surface area contributed by atoms with Crippen molar-refractivity contribution in [3.63, 3.8) is 0 Å². The van der Waals surface area contributed by atoms with Crippen LogP contribution in [0.4, 0.5) is 0 Å². The van der Waals surface area contributed by atoms with Crippen LogP contribution in [0.5, 0.6) is 46.0 Å². The molecule has 0 spiro atoms. The van der Waals surface area contributed by atoms with Crippen molar-refractivity contribution in [1.29, 1.82) is 0 Å². The van der Waals surface area contributed by atoms with Gasteiger partial charge in [-0.05, 0) is 163 Å². The van der Waals surface area contributed by atoms with E-state index in [-0.39, 0.29) is 23.0 Å². The molecule has 0 atom stereocenters. The second-order valence-corrected chi connectivity index (χ2v) is 13.1. The van der Waals surface area contributed by atoms with Crippen LogP contribution in [0.1, 0.15) is 65.6 Å². The Morgan fingerprint density at radius 2 is 0.962 bits per heavy atom. The molecule has 0 aliphatic heterocycles. The largest absolute Gasteiger partial charge is 0.508 e. The summed E-state index contributed by atoms with van der Waals surface area (Å²) in [5.74, 6) is 3.10. The van der Waals surface area contributed by atoms with E-state index in [0.717, 1.165) is 71.0 Å².